The Morgan fingerprint density at radius 1 is 1.21 bits per heavy atom. The number of halogens is 1. The highest BCUT2D eigenvalue weighted by molar-refractivity contribution is 9.10. The first kappa shape index (κ1) is 12.0. The van der Waals surface area contributed by atoms with Crippen molar-refractivity contribution in [3.05, 3.63) is 46.6 Å². The minimum absolute atomic E-state index is 0.351. The number of anilines is 1. The van der Waals surface area contributed by atoms with Crippen LogP contribution in [0.4, 0.5) is 5.82 Å². The number of nitrogens with two attached hydrogens (primary N) is 1. The molecule has 2 aromatic heterocycles. The van der Waals surface area contributed by atoms with E-state index in [1.165, 1.54) is 0 Å². The number of benzene rings is 1. The third-order valence-corrected chi connectivity index (χ3v) is 3.39. The van der Waals surface area contributed by atoms with Crippen molar-refractivity contribution in [2.45, 2.75) is 6.92 Å². The molecule has 96 valence electrons. The van der Waals surface area contributed by atoms with Crippen LogP contribution in [-0.4, -0.2) is 5.16 Å². The largest absolute Gasteiger partial charge is 0.461 e. The quantitative estimate of drug-likeness (QED) is 0.766. The predicted octanol–water partition coefficient (Wildman–Crippen LogP) is 4.25. The first-order valence-corrected chi connectivity index (χ1v) is 6.51. The number of hydrogen-bond donors (Lipinski definition) is 1. The summed E-state index contributed by atoms with van der Waals surface area (Å²) >= 11 is 3.44. The third kappa shape index (κ3) is 2.06. The van der Waals surface area contributed by atoms with E-state index in [1.54, 1.807) is 6.26 Å². The SMILES string of the molecule is Cc1ccoc1-c1onc(N)c1-c1cccc(Br)c1. The smallest absolute Gasteiger partial charge is 0.212 e. The summed E-state index contributed by atoms with van der Waals surface area (Å²) in [7, 11) is 0. The molecule has 3 rings (SSSR count). The molecule has 1 aromatic carbocycles. The van der Waals surface area contributed by atoms with Crippen molar-refractivity contribution >= 4 is 21.7 Å². The van der Waals surface area contributed by atoms with Crippen LogP contribution < -0.4 is 5.73 Å². The van der Waals surface area contributed by atoms with Crippen LogP contribution in [0.5, 0.6) is 0 Å². The lowest BCUT2D eigenvalue weighted by molar-refractivity contribution is 0.421. The molecule has 0 radical (unpaired) electrons. The van der Waals surface area contributed by atoms with E-state index in [9.17, 15) is 0 Å². The fraction of sp³-hybridized carbons (Fsp3) is 0.0714. The summed E-state index contributed by atoms with van der Waals surface area (Å²) in [6.45, 7) is 1.95. The van der Waals surface area contributed by atoms with Gasteiger partial charge in [0.15, 0.2) is 11.6 Å². The van der Waals surface area contributed by atoms with E-state index in [1.807, 2.05) is 37.3 Å². The van der Waals surface area contributed by atoms with Gasteiger partial charge in [-0.15, -0.1) is 0 Å². The number of nitrogens with zero attached hydrogens (tertiary/aromatic N) is 1. The molecule has 0 aliphatic rings. The van der Waals surface area contributed by atoms with Gasteiger partial charge in [0.2, 0.25) is 5.76 Å². The van der Waals surface area contributed by atoms with Gasteiger partial charge in [-0.25, -0.2) is 0 Å². The fourth-order valence-electron chi connectivity index (χ4n) is 1.99. The normalized spacial score (nSPS) is 10.8. The summed E-state index contributed by atoms with van der Waals surface area (Å²) in [4.78, 5) is 0. The molecule has 19 heavy (non-hydrogen) atoms. The van der Waals surface area contributed by atoms with Crippen molar-refractivity contribution in [1.82, 2.24) is 5.16 Å². The zero-order chi connectivity index (χ0) is 13.4. The van der Waals surface area contributed by atoms with Gasteiger partial charge in [0.1, 0.15) is 0 Å². The number of aryl methyl sites for hydroxylation is 1. The maximum Gasteiger partial charge on any atom is 0.212 e. The van der Waals surface area contributed by atoms with Gasteiger partial charge in [0, 0.05) is 4.47 Å². The van der Waals surface area contributed by atoms with E-state index in [-0.39, 0.29) is 0 Å². The summed E-state index contributed by atoms with van der Waals surface area (Å²) in [6, 6.07) is 9.68. The van der Waals surface area contributed by atoms with E-state index in [0.29, 0.717) is 17.3 Å². The van der Waals surface area contributed by atoms with Crippen molar-refractivity contribution in [2.24, 2.45) is 0 Å². The lowest BCUT2D eigenvalue weighted by Crippen LogP contribution is -1.89. The first-order valence-electron chi connectivity index (χ1n) is 5.72. The molecule has 2 N–H and O–H groups in total. The summed E-state index contributed by atoms with van der Waals surface area (Å²) in [5.74, 6) is 1.56. The lowest BCUT2D eigenvalue weighted by atomic mass is 10.0. The first-order chi connectivity index (χ1) is 9.16. The van der Waals surface area contributed by atoms with Crippen LogP contribution in [0.2, 0.25) is 0 Å². The van der Waals surface area contributed by atoms with Crippen LogP contribution in [0.25, 0.3) is 22.6 Å². The molecule has 4 nitrogen and oxygen atoms in total. The van der Waals surface area contributed by atoms with Crippen molar-refractivity contribution < 1.29 is 8.94 Å². The molecular weight excluding hydrogens is 308 g/mol. The lowest BCUT2D eigenvalue weighted by Gasteiger charge is -2.02. The minimum Gasteiger partial charge on any atom is -0.461 e. The third-order valence-electron chi connectivity index (χ3n) is 2.90. The van der Waals surface area contributed by atoms with Gasteiger partial charge >= 0.3 is 0 Å². The van der Waals surface area contributed by atoms with Crippen LogP contribution in [0.3, 0.4) is 0 Å². The van der Waals surface area contributed by atoms with Crippen LogP contribution in [0.1, 0.15) is 5.56 Å². The van der Waals surface area contributed by atoms with Gasteiger partial charge < -0.3 is 14.7 Å². The van der Waals surface area contributed by atoms with Crippen molar-refractivity contribution in [3.8, 4) is 22.6 Å². The second-order valence-electron chi connectivity index (χ2n) is 4.22. The molecule has 0 fully saturated rings. The summed E-state index contributed by atoms with van der Waals surface area (Å²) in [5.41, 5.74) is 8.58. The molecule has 0 unspecified atom stereocenters. The topological polar surface area (TPSA) is 65.2 Å². The standard InChI is InChI=1S/C14H11BrN2O2/c1-8-5-6-18-12(8)13-11(14(16)17-19-13)9-3-2-4-10(15)7-9/h2-7H,1H3,(H2,16,17). The van der Waals surface area contributed by atoms with Gasteiger partial charge in [0.05, 0.1) is 11.8 Å². The molecule has 0 spiro atoms. The molecular formula is C14H11BrN2O2. The fourth-order valence-corrected chi connectivity index (χ4v) is 2.38. The molecule has 5 heteroatoms. The highest BCUT2D eigenvalue weighted by Gasteiger charge is 2.21. The zero-order valence-electron chi connectivity index (χ0n) is 10.2. The van der Waals surface area contributed by atoms with E-state index < -0.39 is 0 Å². The zero-order valence-corrected chi connectivity index (χ0v) is 11.8. The number of aromatic nitrogens is 1. The second kappa shape index (κ2) is 4.59. The average molecular weight is 319 g/mol. The molecule has 3 aromatic rings. The highest BCUT2D eigenvalue weighted by atomic mass is 79.9. The molecule has 0 aliphatic carbocycles. The second-order valence-corrected chi connectivity index (χ2v) is 5.13. The van der Waals surface area contributed by atoms with Crippen LogP contribution in [0.15, 0.2) is 50.0 Å². The molecule has 0 saturated carbocycles. The van der Waals surface area contributed by atoms with E-state index in [0.717, 1.165) is 21.2 Å². The molecule has 0 saturated heterocycles. The monoisotopic (exact) mass is 318 g/mol. The van der Waals surface area contributed by atoms with Gasteiger partial charge in [-0.2, -0.15) is 0 Å². The summed E-state index contributed by atoms with van der Waals surface area (Å²) in [6.07, 6.45) is 1.62. The Kier molecular flexibility index (Phi) is 2.91. The van der Waals surface area contributed by atoms with Gasteiger partial charge in [-0.3, -0.25) is 0 Å². The Bertz CT molecular complexity index is 731. The number of hydrogen-bond acceptors (Lipinski definition) is 4. The maximum atomic E-state index is 5.92. The van der Waals surface area contributed by atoms with Crippen molar-refractivity contribution in [1.29, 1.82) is 0 Å². The van der Waals surface area contributed by atoms with E-state index in [4.69, 9.17) is 14.7 Å². The molecule has 0 aliphatic heterocycles. The predicted molar refractivity (Wildman–Crippen MR) is 76.5 cm³/mol. The number of furan rings is 1. The van der Waals surface area contributed by atoms with Crippen LogP contribution in [-0.2, 0) is 0 Å². The van der Waals surface area contributed by atoms with Crippen molar-refractivity contribution in [3.63, 3.8) is 0 Å². The van der Waals surface area contributed by atoms with E-state index >= 15 is 0 Å². The summed E-state index contributed by atoms with van der Waals surface area (Å²) in [5, 5.41) is 3.85. The minimum atomic E-state index is 0.351. The Morgan fingerprint density at radius 3 is 2.74 bits per heavy atom. The molecule has 0 amide bonds. The van der Waals surface area contributed by atoms with E-state index in [2.05, 4.69) is 21.1 Å². The highest BCUT2D eigenvalue weighted by Crippen LogP contribution is 2.38. The Balaban J connectivity index is 2.22. The molecule has 2 heterocycles. The van der Waals surface area contributed by atoms with Crippen LogP contribution >= 0.6 is 15.9 Å². The van der Waals surface area contributed by atoms with Crippen molar-refractivity contribution in [2.75, 3.05) is 5.73 Å². The number of nitrogen functional groups attached to an aromatic ring is 1. The Labute approximate surface area is 118 Å². The maximum absolute atomic E-state index is 5.92. The van der Waals surface area contributed by atoms with Crippen LogP contribution in [0, 0.1) is 6.92 Å². The molecule has 0 bridgehead atoms. The summed E-state index contributed by atoms with van der Waals surface area (Å²) < 4.78 is 11.8. The van der Waals surface area contributed by atoms with Gasteiger partial charge in [-0.1, -0.05) is 33.2 Å². The van der Waals surface area contributed by atoms with Gasteiger partial charge in [0.25, 0.3) is 0 Å². The Hall–Kier alpha value is -2.01. The molecule has 0 atom stereocenters. The Morgan fingerprint density at radius 2 is 2.05 bits per heavy atom. The van der Waals surface area contributed by atoms with Gasteiger partial charge in [-0.05, 0) is 36.2 Å². The average Bonchev–Trinajstić information content (AvgIpc) is 2.95. The number of rotatable bonds is 2.